The highest BCUT2D eigenvalue weighted by molar-refractivity contribution is 6.02. The summed E-state index contributed by atoms with van der Waals surface area (Å²) in [5.41, 5.74) is 3.54. The molecule has 0 unspecified atom stereocenters. The largest absolute Gasteiger partial charge is 0.307 e. The van der Waals surface area contributed by atoms with Crippen LogP contribution in [-0.4, -0.2) is 20.9 Å². The Morgan fingerprint density at radius 2 is 1.89 bits per heavy atom. The molecule has 0 aliphatic carbocycles. The fourth-order valence-corrected chi connectivity index (χ4v) is 1.24. The maximum Gasteiger partial charge on any atom is 0.277 e. The van der Waals surface area contributed by atoms with Crippen LogP contribution in [0.25, 0.3) is 0 Å². The summed E-state index contributed by atoms with van der Waals surface area (Å²) in [5, 5.41) is 2.62. The van der Waals surface area contributed by atoms with Gasteiger partial charge < -0.3 is 10.7 Å². The first-order chi connectivity index (χ1) is 8.69. The van der Waals surface area contributed by atoms with Gasteiger partial charge in [-0.2, -0.15) is 0 Å². The van der Waals surface area contributed by atoms with Gasteiger partial charge in [-0.1, -0.05) is 6.07 Å². The Bertz CT molecular complexity index is 536. The van der Waals surface area contributed by atoms with Crippen LogP contribution >= 0.6 is 0 Å². The van der Waals surface area contributed by atoms with Crippen LogP contribution in [0.3, 0.4) is 0 Å². The number of carbonyl (C=O) groups is 1. The fourth-order valence-electron chi connectivity index (χ4n) is 1.24. The highest BCUT2D eigenvalue weighted by Crippen LogP contribution is 2.06. The Kier molecular flexibility index (Phi) is 3.44. The van der Waals surface area contributed by atoms with Gasteiger partial charge in [-0.3, -0.25) is 4.79 Å². The molecule has 0 saturated heterocycles. The highest BCUT2D eigenvalue weighted by Gasteiger charge is 2.08. The Morgan fingerprint density at radius 3 is 2.44 bits per heavy atom. The number of hydrazine groups is 1. The average Bonchev–Trinajstić information content (AvgIpc) is 2.41. The van der Waals surface area contributed by atoms with Gasteiger partial charge in [-0.25, -0.2) is 20.8 Å². The van der Waals surface area contributed by atoms with E-state index in [0.717, 1.165) is 5.56 Å². The van der Waals surface area contributed by atoms with Crippen molar-refractivity contribution < 1.29 is 4.79 Å². The first-order valence-electron chi connectivity index (χ1n) is 5.21. The van der Waals surface area contributed by atoms with Gasteiger partial charge in [0.2, 0.25) is 0 Å². The average molecular weight is 244 g/mol. The number of nitrogen functional groups attached to an aromatic ring is 1. The maximum absolute atomic E-state index is 11.8. The standard InChI is InChI=1S/C11H12N6O/c1-7-2-3-9(14-4-7)16-11(18)8-5-15-10(17-12)6-13-8/h2-6H,12H2,1H3,(H,15,17)(H,14,16,18). The third-order valence-corrected chi connectivity index (χ3v) is 2.19. The number of aryl methyl sites for hydroxylation is 1. The van der Waals surface area contributed by atoms with Gasteiger partial charge in [-0.15, -0.1) is 0 Å². The number of amides is 1. The molecule has 0 aromatic carbocycles. The van der Waals surface area contributed by atoms with E-state index < -0.39 is 0 Å². The molecule has 2 aromatic heterocycles. The number of carbonyl (C=O) groups excluding carboxylic acids is 1. The van der Waals surface area contributed by atoms with Crippen molar-refractivity contribution in [3.8, 4) is 0 Å². The van der Waals surface area contributed by atoms with E-state index >= 15 is 0 Å². The lowest BCUT2D eigenvalue weighted by Crippen LogP contribution is -2.16. The van der Waals surface area contributed by atoms with E-state index in [1.807, 2.05) is 13.0 Å². The molecule has 1 amide bonds. The molecular weight excluding hydrogens is 232 g/mol. The van der Waals surface area contributed by atoms with Crippen molar-refractivity contribution in [2.75, 3.05) is 10.7 Å². The molecule has 0 fully saturated rings. The summed E-state index contributed by atoms with van der Waals surface area (Å²) in [6.07, 6.45) is 4.37. The Hall–Kier alpha value is -2.54. The van der Waals surface area contributed by atoms with Crippen LogP contribution in [0, 0.1) is 6.92 Å². The second kappa shape index (κ2) is 5.19. The zero-order valence-corrected chi connectivity index (χ0v) is 9.71. The number of nitrogens with zero attached hydrogens (tertiary/aromatic N) is 3. The molecule has 0 bridgehead atoms. The van der Waals surface area contributed by atoms with Gasteiger partial charge in [0.05, 0.1) is 12.4 Å². The SMILES string of the molecule is Cc1ccc(NC(=O)c2cnc(NN)cn2)nc1. The van der Waals surface area contributed by atoms with Gasteiger partial charge in [-0.05, 0) is 18.6 Å². The number of hydrogen-bond donors (Lipinski definition) is 3. The zero-order valence-electron chi connectivity index (χ0n) is 9.71. The van der Waals surface area contributed by atoms with Gasteiger partial charge in [0.1, 0.15) is 11.5 Å². The molecule has 4 N–H and O–H groups in total. The molecule has 2 heterocycles. The van der Waals surface area contributed by atoms with Crippen LogP contribution in [0.5, 0.6) is 0 Å². The molecule has 0 saturated carbocycles. The van der Waals surface area contributed by atoms with Crippen LogP contribution in [0.1, 0.15) is 16.1 Å². The van der Waals surface area contributed by atoms with Crippen molar-refractivity contribution in [3.63, 3.8) is 0 Å². The fraction of sp³-hybridized carbons (Fsp3) is 0.0909. The molecule has 0 atom stereocenters. The summed E-state index contributed by atoms with van der Waals surface area (Å²) in [4.78, 5) is 23.7. The topological polar surface area (TPSA) is 106 Å². The second-order valence-corrected chi connectivity index (χ2v) is 3.61. The van der Waals surface area contributed by atoms with E-state index in [-0.39, 0.29) is 11.6 Å². The van der Waals surface area contributed by atoms with Crippen LogP contribution < -0.4 is 16.6 Å². The predicted molar refractivity (Wildman–Crippen MR) is 66.8 cm³/mol. The Morgan fingerprint density at radius 1 is 1.11 bits per heavy atom. The molecule has 2 rings (SSSR count). The van der Waals surface area contributed by atoms with E-state index in [1.165, 1.54) is 12.4 Å². The van der Waals surface area contributed by atoms with Crippen LogP contribution in [0.15, 0.2) is 30.7 Å². The minimum Gasteiger partial charge on any atom is -0.307 e. The maximum atomic E-state index is 11.8. The summed E-state index contributed by atoms with van der Waals surface area (Å²) in [6, 6.07) is 3.58. The monoisotopic (exact) mass is 244 g/mol. The molecule has 7 nitrogen and oxygen atoms in total. The quantitative estimate of drug-likeness (QED) is 0.542. The van der Waals surface area contributed by atoms with Crippen molar-refractivity contribution in [2.45, 2.75) is 6.92 Å². The normalized spacial score (nSPS) is 9.89. The lowest BCUT2D eigenvalue weighted by molar-refractivity contribution is 0.102. The molecule has 0 aliphatic rings. The minimum absolute atomic E-state index is 0.191. The van der Waals surface area contributed by atoms with Crippen molar-refractivity contribution in [1.82, 2.24) is 15.0 Å². The smallest absolute Gasteiger partial charge is 0.277 e. The number of rotatable bonds is 3. The minimum atomic E-state index is -0.373. The Labute approximate surface area is 103 Å². The van der Waals surface area contributed by atoms with E-state index in [0.29, 0.717) is 11.6 Å². The molecule has 0 aliphatic heterocycles. The summed E-state index contributed by atoms with van der Waals surface area (Å²) in [7, 11) is 0. The van der Waals surface area contributed by atoms with Crippen molar-refractivity contribution in [3.05, 3.63) is 42.0 Å². The molecule has 2 aromatic rings. The lowest BCUT2D eigenvalue weighted by atomic mass is 10.3. The van der Waals surface area contributed by atoms with Gasteiger partial charge in [0.15, 0.2) is 5.82 Å². The lowest BCUT2D eigenvalue weighted by Gasteiger charge is -2.04. The molecule has 7 heteroatoms. The number of hydrogen-bond acceptors (Lipinski definition) is 6. The van der Waals surface area contributed by atoms with Crippen molar-refractivity contribution >= 4 is 17.5 Å². The molecular formula is C11H12N6O. The first kappa shape index (κ1) is 11.9. The Balaban J connectivity index is 2.09. The van der Waals surface area contributed by atoms with E-state index in [4.69, 9.17) is 5.84 Å². The number of nitrogens with two attached hydrogens (primary N) is 1. The molecule has 92 valence electrons. The predicted octanol–water partition coefficient (Wildman–Crippen LogP) is 0.718. The first-order valence-corrected chi connectivity index (χ1v) is 5.21. The van der Waals surface area contributed by atoms with E-state index in [9.17, 15) is 4.79 Å². The summed E-state index contributed by atoms with van der Waals surface area (Å²) in [5.74, 6) is 5.63. The molecule has 0 radical (unpaired) electrons. The van der Waals surface area contributed by atoms with Crippen molar-refractivity contribution in [1.29, 1.82) is 0 Å². The van der Waals surface area contributed by atoms with Crippen LogP contribution in [0.2, 0.25) is 0 Å². The second-order valence-electron chi connectivity index (χ2n) is 3.61. The molecule has 0 spiro atoms. The number of pyridine rings is 1. The van der Waals surface area contributed by atoms with Gasteiger partial charge in [0.25, 0.3) is 5.91 Å². The van der Waals surface area contributed by atoms with Crippen molar-refractivity contribution in [2.24, 2.45) is 5.84 Å². The third kappa shape index (κ3) is 2.77. The number of anilines is 2. The van der Waals surface area contributed by atoms with Gasteiger partial charge >= 0.3 is 0 Å². The summed E-state index contributed by atoms with van der Waals surface area (Å²) < 4.78 is 0. The van der Waals surface area contributed by atoms with E-state index in [2.05, 4.69) is 25.7 Å². The summed E-state index contributed by atoms with van der Waals surface area (Å²) >= 11 is 0. The van der Waals surface area contributed by atoms with E-state index in [1.54, 1.807) is 12.3 Å². The summed E-state index contributed by atoms with van der Waals surface area (Å²) in [6.45, 7) is 1.92. The van der Waals surface area contributed by atoms with Crippen LogP contribution in [-0.2, 0) is 0 Å². The van der Waals surface area contributed by atoms with Gasteiger partial charge in [0, 0.05) is 6.20 Å². The van der Waals surface area contributed by atoms with Crippen LogP contribution in [0.4, 0.5) is 11.6 Å². The molecule has 18 heavy (non-hydrogen) atoms. The number of nitrogens with one attached hydrogen (secondary N) is 2. The third-order valence-electron chi connectivity index (χ3n) is 2.19. The number of aromatic nitrogens is 3. The highest BCUT2D eigenvalue weighted by atomic mass is 16.1. The zero-order chi connectivity index (χ0) is 13.0.